The fourth-order valence-electron chi connectivity index (χ4n) is 3.30. The molecule has 0 radical (unpaired) electrons. The molecule has 0 spiro atoms. The summed E-state index contributed by atoms with van der Waals surface area (Å²) in [6, 6.07) is 7.70. The molecule has 2 rings (SSSR count). The van der Waals surface area contributed by atoms with Crippen molar-refractivity contribution in [3.8, 4) is 0 Å². The predicted octanol–water partition coefficient (Wildman–Crippen LogP) is 4.25. The molecule has 1 saturated carbocycles. The first-order valence-corrected chi connectivity index (χ1v) is 9.82. The molecule has 1 N–H and O–H groups in total. The van der Waals surface area contributed by atoms with Crippen LogP contribution in [0.4, 0.5) is 5.69 Å². The molecular weight excluding hydrogens is 282 g/mol. The van der Waals surface area contributed by atoms with E-state index in [1.165, 1.54) is 32.1 Å². The largest absolute Gasteiger partial charge is 0.381 e. The Hall–Kier alpha value is -1.03. The minimum absolute atomic E-state index is 0.145. The van der Waals surface area contributed by atoms with E-state index >= 15 is 0 Å². The zero-order chi connectivity index (χ0) is 15.3. The molecule has 3 nitrogen and oxygen atoms in total. The minimum Gasteiger partial charge on any atom is -0.381 e. The van der Waals surface area contributed by atoms with Crippen LogP contribution in [0.25, 0.3) is 0 Å². The summed E-state index contributed by atoms with van der Waals surface area (Å²) in [6.45, 7) is 3.88. The van der Waals surface area contributed by atoms with Crippen LogP contribution >= 0.6 is 0 Å². The highest BCUT2D eigenvalue weighted by Gasteiger charge is 2.24. The van der Waals surface area contributed by atoms with Gasteiger partial charge in [-0.15, -0.1) is 0 Å². The quantitative estimate of drug-likeness (QED) is 0.854. The number of anilines is 1. The summed E-state index contributed by atoms with van der Waals surface area (Å²) >= 11 is 0. The molecule has 0 saturated heterocycles. The SMILES string of the molecule is CCC(Nc1ccccc1S(=O)(=O)CC)C1CCCCC1. The van der Waals surface area contributed by atoms with Crippen LogP contribution in [0.2, 0.25) is 0 Å². The van der Waals surface area contributed by atoms with Crippen molar-refractivity contribution in [3.63, 3.8) is 0 Å². The standard InChI is InChI=1S/C17H27NO2S/c1-3-15(14-10-6-5-7-11-14)18-16-12-8-9-13-17(16)21(19,20)4-2/h8-9,12-15,18H,3-7,10-11H2,1-2H3. The Kier molecular flexibility index (Phi) is 5.68. The molecule has 1 aromatic rings. The molecule has 1 atom stereocenters. The van der Waals surface area contributed by atoms with Gasteiger partial charge < -0.3 is 5.32 Å². The van der Waals surface area contributed by atoms with Gasteiger partial charge in [0.05, 0.1) is 16.3 Å². The maximum atomic E-state index is 12.2. The Morgan fingerprint density at radius 1 is 1.14 bits per heavy atom. The Balaban J connectivity index is 2.21. The summed E-state index contributed by atoms with van der Waals surface area (Å²) in [6.07, 6.45) is 7.50. The molecule has 21 heavy (non-hydrogen) atoms. The van der Waals surface area contributed by atoms with E-state index in [9.17, 15) is 8.42 Å². The summed E-state index contributed by atoms with van der Waals surface area (Å²) < 4.78 is 24.5. The van der Waals surface area contributed by atoms with E-state index in [-0.39, 0.29) is 5.75 Å². The summed E-state index contributed by atoms with van der Waals surface area (Å²) in [5.74, 6) is 0.812. The molecule has 1 aliphatic rings. The van der Waals surface area contributed by atoms with Crippen molar-refractivity contribution >= 4 is 15.5 Å². The van der Waals surface area contributed by atoms with Crippen molar-refractivity contribution in [1.82, 2.24) is 0 Å². The Labute approximate surface area is 129 Å². The Morgan fingerprint density at radius 3 is 2.43 bits per heavy atom. The molecule has 0 aromatic heterocycles. The highest BCUT2D eigenvalue weighted by molar-refractivity contribution is 7.91. The van der Waals surface area contributed by atoms with Crippen LogP contribution in [0.3, 0.4) is 0 Å². The molecule has 0 bridgehead atoms. The van der Waals surface area contributed by atoms with Crippen LogP contribution in [0.5, 0.6) is 0 Å². The van der Waals surface area contributed by atoms with Crippen molar-refractivity contribution in [1.29, 1.82) is 0 Å². The lowest BCUT2D eigenvalue weighted by atomic mass is 9.83. The van der Waals surface area contributed by atoms with Gasteiger partial charge in [-0.1, -0.05) is 45.2 Å². The molecule has 0 heterocycles. The number of rotatable bonds is 6. The summed E-state index contributed by atoms with van der Waals surface area (Å²) in [4.78, 5) is 0.446. The van der Waals surface area contributed by atoms with Gasteiger partial charge in [-0.2, -0.15) is 0 Å². The molecule has 118 valence electrons. The van der Waals surface area contributed by atoms with Crippen molar-refractivity contribution in [2.75, 3.05) is 11.1 Å². The predicted molar refractivity (Wildman–Crippen MR) is 88.4 cm³/mol. The van der Waals surface area contributed by atoms with Crippen molar-refractivity contribution < 1.29 is 8.42 Å². The van der Waals surface area contributed by atoms with E-state index in [4.69, 9.17) is 0 Å². The lowest BCUT2D eigenvalue weighted by Gasteiger charge is -2.31. The molecule has 4 heteroatoms. The van der Waals surface area contributed by atoms with Crippen LogP contribution in [0.15, 0.2) is 29.2 Å². The van der Waals surface area contributed by atoms with Crippen LogP contribution in [0.1, 0.15) is 52.4 Å². The van der Waals surface area contributed by atoms with Crippen LogP contribution in [-0.4, -0.2) is 20.2 Å². The van der Waals surface area contributed by atoms with Gasteiger partial charge in [-0.3, -0.25) is 0 Å². The van der Waals surface area contributed by atoms with Crippen molar-refractivity contribution in [3.05, 3.63) is 24.3 Å². The van der Waals surface area contributed by atoms with E-state index in [1.54, 1.807) is 19.1 Å². The van der Waals surface area contributed by atoms with Gasteiger partial charge in [0.2, 0.25) is 0 Å². The third-order valence-corrected chi connectivity index (χ3v) is 6.39. The third-order valence-electron chi connectivity index (χ3n) is 4.60. The monoisotopic (exact) mass is 309 g/mol. The average Bonchev–Trinajstić information content (AvgIpc) is 2.53. The third kappa shape index (κ3) is 4.00. The number of sulfone groups is 1. The molecular formula is C17H27NO2S. The van der Waals surface area contributed by atoms with Gasteiger partial charge in [0.15, 0.2) is 9.84 Å². The molecule has 0 aliphatic heterocycles. The molecule has 1 fully saturated rings. The smallest absolute Gasteiger partial charge is 0.180 e. The van der Waals surface area contributed by atoms with E-state index < -0.39 is 9.84 Å². The van der Waals surface area contributed by atoms with E-state index in [0.29, 0.717) is 16.9 Å². The first kappa shape index (κ1) is 16.3. The van der Waals surface area contributed by atoms with Gasteiger partial charge in [0.25, 0.3) is 0 Å². The summed E-state index contributed by atoms with van der Waals surface area (Å²) in [5, 5.41) is 3.53. The molecule has 1 aliphatic carbocycles. The lowest BCUT2D eigenvalue weighted by Crippen LogP contribution is -2.30. The number of para-hydroxylation sites is 1. The maximum Gasteiger partial charge on any atom is 0.180 e. The lowest BCUT2D eigenvalue weighted by molar-refractivity contribution is 0.313. The second kappa shape index (κ2) is 7.30. The molecule has 1 unspecified atom stereocenters. The van der Waals surface area contributed by atoms with E-state index in [2.05, 4.69) is 12.2 Å². The van der Waals surface area contributed by atoms with Gasteiger partial charge in [0.1, 0.15) is 0 Å². The van der Waals surface area contributed by atoms with E-state index in [0.717, 1.165) is 12.1 Å². The van der Waals surface area contributed by atoms with Gasteiger partial charge in [-0.05, 0) is 37.3 Å². The van der Waals surface area contributed by atoms with Crippen molar-refractivity contribution in [2.24, 2.45) is 5.92 Å². The zero-order valence-corrected chi connectivity index (χ0v) is 14.0. The minimum atomic E-state index is -3.18. The summed E-state index contributed by atoms with van der Waals surface area (Å²) in [5.41, 5.74) is 0.775. The van der Waals surface area contributed by atoms with Gasteiger partial charge >= 0.3 is 0 Å². The Bertz CT molecular complexity index is 548. The van der Waals surface area contributed by atoms with E-state index in [1.807, 2.05) is 12.1 Å². The number of nitrogens with one attached hydrogen (secondary N) is 1. The van der Waals surface area contributed by atoms with Gasteiger partial charge in [0, 0.05) is 6.04 Å². The average molecular weight is 309 g/mol. The number of hydrogen-bond donors (Lipinski definition) is 1. The normalized spacial score (nSPS) is 18.4. The van der Waals surface area contributed by atoms with Crippen LogP contribution in [0, 0.1) is 5.92 Å². The maximum absolute atomic E-state index is 12.2. The Morgan fingerprint density at radius 2 is 1.81 bits per heavy atom. The second-order valence-electron chi connectivity index (χ2n) is 5.96. The second-order valence-corrected chi connectivity index (χ2v) is 8.20. The van der Waals surface area contributed by atoms with Crippen molar-refractivity contribution in [2.45, 2.75) is 63.3 Å². The fraction of sp³-hybridized carbons (Fsp3) is 0.647. The molecule has 0 amide bonds. The summed E-state index contributed by atoms with van der Waals surface area (Å²) in [7, 11) is -3.18. The zero-order valence-electron chi connectivity index (χ0n) is 13.1. The van der Waals surface area contributed by atoms with Crippen LogP contribution in [-0.2, 0) is 9.84 Å². The first-order valence-electron chi connectivity index (χ1n) is 8.16. The molecule has 1 aromatic carbocycles. The number of benzene rings is 1. The fourth-order valence-corrected chi connectivity index (χ4v) is 4.36. The van der Waals surface area contributed by atoms with Crippen LogP contribution < -0.4 is 5.32 Å². The topological polar surface area (TPSA) is 46.2 Å². The number of hydrogen-bond acceptors (Lipinski definition) is 3. The highest BCUT2D eigenvalue weighted by Crippen LogP contribution is 2.31. The van der Waals surface area contributed by atoms with Gasteiger partial charge in [-0.25, -0.2) is 8.42 Å². The first-order chi connectivity index (χ1) is 10.1. The highest BCUT2D eigenvalue weighted by atomic mass is 32.2.